The first-order valence-corrected chi connectivity index (χ1v) is 2.77. The van der Waals surface area contributed by atoms with Crippen molar-refractivity contribution in [2.45, 2.75) is 0 Å². The lowest BCUT2D eigenvalue weighted by molar-refractivity contribution is 0.456. The summed E-state index contributed by atoms with van der Waals surface area (Å²) >= 11 is 0. The van der Waals surface area contributed by atoms with Crippen molar-refractivity contribution < 1.29 is 0 Å². The fourth-order valence-electron chi connectivity index (χ4n) is 0.382. The molecule has 0 spiro atoms. The molecular formula is C6H16Cl2N2. The van der Waals surface area contributed by atoms with Gasteiger partial charge in [0.05, 0.1) is 0 Å². The van der Waals surface area contributed by atoms with Crippen LogP contribution in [0.25, 0.3) is 0 Å². The van der Waals surface area contributed by atoms with E-state index in [0.717, 1.165) is 6.54 Å². The van der Waals surface area contributed by atoms with Crippen LogP contribution in [-0.2, 0) is 0 Å². The molecule has 0 aromatic rings. The molecule has 0 aliphatic heterocycles. The number of rotatable bonds is 3. The van der Waals surface area contributed by atoms with Crippen molar-refractivity contribution in [3.05, 3.63) is 12.2 Å². The summed E-state index contributed by atoms with van der Waals surface area (Å²) in [6.07, 6.45) is 4.01. The fraction of sp³-hybridized carbons (Fsp3) is 0.667. The minimum Gasteiger partial charge on any atom is -0.327 e. The van der Waals surface area contributed by atoms with E-state index in [-0.39, 0.29) is 24.8 Å². The Morgan fingerprint density at radius 1 is 1.20 bits per heavy atom. The van der Waals surface area contributed by atoms with Crippen molar-refractivity contribution in [1.29, 1.82) is 0 Å². The smallest absolute Gasteiger partial charge is 0.0157 e. The van der Waals surface area contributed by atoms with E-state index in [2.05, 4.69) is 11.0 Å². The predicted molar refractivity (Wildman–Crippen MR) is 51.2 cm³/mol. The van der Waals surface area contributed by atoms with E-state index >= 15 is 0 Å². The highest BCUT2D eigenvalue weighted by atomic mass is 35.5. The van der Waals surface area contributed by atoms with Crippen LogP contribution in [-0.4, -0.2) is 32.1 Å². The molecule has 2 N–H and O–H groups in total. The average molecular weight is 187 g/mol. The summed E-state index contributed by atoms with van der Waals surface area (Å²) in [5, 5.41) is 0. The highest BCUT2D eigenvalue weighted by Gasteiger charge is 1.78. The second-order valence-corrected chi connectivity index (χ2v) is 1.97. The first-order chi connectivity index (χ1) is 3.77. The Labute approximate surface area is 75.3 Å². The number of halogens is 2. The third kappa shape index (κ3) is 15.7. The van der Waals surface area contributed by atoms with E-state index in [9.17, 15) is 0 Å². The molecule has 0 atom stereocenters. The van der Waals surface area contributed by atoms with Gasteiger partial charge in [-0.2, -0.15) is 0 Å². The highest BCUT2D eigenvalue weighted by Crippen LogP contribution is 1.74. The van der Waals surface area contributed by atoms with Crippen molar-refractivity contribution in [2.24, 2.45) is 5.73 Å². The molecule has 0 aromatic carbocycles. The third-order valence-electron chi connectivity index (χ3n) is 0.773. The molecule has 4 heteroatoms. The van der Waals surface area contributed by atoms with Gasteiger partial charge >= 0.3 is 0 Å². The van der Waals surface area contributed by atoms with Crippen LogP contribution < -0.4 is 5.73 Å². The number of likely N-dealkylation sites (N-methyl/N-ethyl adjacent to an activating group) is 1. The fourth-order valence-corrected chi connectivity index (χ4v) is 0.382. The molecule has 64 valence electrons. The molecule has 0 aromatic heterocycles. The lowest BCUT2D eigenvalue weighted by Gasteiger charge is -2.02. The zero-order valence-corrected chi connectivity index (χ0v) is 8.04. The minimum absolute atomic E-state index is 0. The zero-order chi connectivity index (χ0) is 6.41. The summed E-state index contributed by atoms with van der Waals surface area (Å²) in [7, 11) is 4.06. The van der Waals surface area contributed by atoms with E-state index in [0.29, 0.717) is 6.54 Å². The van der Waals surface area contributed by atoms with Gasteiger partial charge in [0.1, 0.15) is 0 Å². The Hall–Kier alpha value is 0.240. The molecule has 0 radical (unpaired) electrons. The predicted octanol–water partition coefficient (Wildman–Crippen LogP) is 0.906. The van der Waals surface area contributed by atoms with E-state index in [1.807, 2.05) is 20.2 Å². The van der Waals surface area contributed by atoms with Gasteiger partial charge in [-0.1, -0.05) is 12.2 Å². The molecule has 0 amide bonds. The van der Waals surface area contributed by atoms with E-state index in [1.165, 1.54) is 0 Å². The normalized spacial score (nSPS) is 9.20. The highest BCUT2D eigenvalue weighted by molar-refractivity contribution is 5.85. The van der Waals surface area contributed by atoms with Gasteiger partial charge in [0.15, 0.2) is 0 Å². The van der Waals surface area contributed by atoms with Crippen LogP contribution in [0.15, 0.2) is 12.2 Å². The quantitative estimate of drug-likeness (QED) is 0.665. The van der Waals surface area contributed by atoms with Crippen LogP contribution in [0.5, 0.6) is 0 Å². The second kappa shape index (κ2) is 12.0. The number of hydrogen-bond donors (Lipinski definition) is 1. The minimum atomic E-state index is 0. The Bertz CT molecular complexity index is 74.1. The van der Waals surface area contributed by atoms with Gasteiger partial charge in [0.2, 0.25) is 0 Å². The Balaban J connectivity index is -0.000000245. The molecule has 0 saturated heterocycles. The summed E-state index contributed by atoms with van der Waals surface area (Å²) in [6.45, 7) is 1.63. The molecule has 0 saturated carbocycles. The molecule has 0 heterocycles. The summed E-state index contributed by atoms with van der Waals surface area (Å²) in [5.41, 5.74) is 5.21. The van der Waals surface area contributed by atoms with Gasteiger partial charge in [-0.15, -0.1) is 24.8 Å². The zero-order valence-electron chi connectivity index (χ0n) is 6.41. The maximum atomic E-state index is 5.21. The molecule has 0 rings (SSSR count). The van der Waals surface area contributed by atoms with Crippen LogP contribution in [0.4, 0.5) is 0 Å². The Morgan fingerprint density at radius 2 is 1.70 bits per heavy atom. The largest absolute Gasteiger partial charge is 0.327 e. The maximum absolute atomic E-state index is 5.21. The lowest BCUT2D eigenvalue weighted by atomic mass is 10.5. The molecule has 0 unspecified atom stereocenters. The monoisotopic (exact) mass is 186 g/mol. The molecule has 2 nitrogen and oxygen atoms in total. The van der Waals surface area contributed by atoms with E-state index in [1.54, 1.807) is 0 Å². The number of nitrogens with zero attached hydrogens (tertiary/aromatic N) is 1. The van der Waals surface area contributed by atoms with Crippen molar-refractivity contribution in [2.75, 3.05) is 27.2 Å². The van der Waals surface area contributed by atoms with Gasteiger partial charge in [0.25, 0.3) is 0 Å². The van der Waals surface area contributed by atoms with Crippen LogP contribution in [0.3, 0.4) is 0 Å². The summed E-state index contributed by atoms with van der Waals surface area (Å²) in [6, 6.07) is 0. The van der Waals surface area contributed by atoms with Gasteiger partial charge in [-0.3, -0.25) is 0 Å². The Morgan fingerprint density at radius 3 is 2.00 bits per heavy atom. The van der Waals surface area contributed by atoms with Gasteiger partial charge < -0.3 is 10.6 Å². The second-order valence-electron chi connectivity index (χ2n) is 1.97. The maximum Gasteiger partial charge on any atom is 0.0157 e. The first kappa shape index (κ1) is 16.7. The molecule has 10 heavy (non-hydrogen) atoms. The molecule has 0 bridgehead atoms. The van der Waals surface area contributed by atoms with Crippen LogP contribution in [0.1, 0.15) is 0 Å². The van der Waals surface area contributed by atoms with Crippen LogP contribution in [0.2, 0.25) is 0 Å². The molecule has 0 aliphatic carbocycles. The number of hydrogen-bond acceptors (Lipinski definition) is 2. The van der Waals surface area contributed by atoms with E-state index in [4.69, 9.17) is 5.73 Å². The van der Waals surface area contributed by atoms with Crippen molar-refractivity contribution in [3.8, 4) is 0 Å². The molecular weight excluding hydrogens is 171 g/mol. The van der Waals surface area contributed by atoms with Crippen LogP contribution >= 0.6 is 24.8 Å². The number of nitrogens with two attached hydrogens (primary N) is 1. The SMILES string of the molecule is CN(C)C/C=C\CN.Cl.Cl. The van der Waals surface area contributed by atoms with Crippen molar-refractivity contribution >= 4 is 24.8 Å². The van der Waals surface area contributed by atoms with Crippen molar-refractivity contribution in [1.82, 2.24) is 4.90 Å². The van der Waals surface area contributed by atoms with Gasteiger partial charge in [-0.05, 0) is 14.1 Å². The van der Waals surface area contributed by atoms with Crippen LogP contribution in [0, 0.1) is 0 Å². The van der Waals surface area contributed by atoms with E-state index < -0.39 is 0 Å². The molecule has 0 fully saturated rings. The average Bonchev–Trinajstić information content (AvgIpc) is 1.66. The Kier molecular flexibility index (Phi) is 20.0. The topological polar surface area (TPSA) is 29.3 Å². The standard InChI is InChI=1S/C6H14N2.2ClH/c1-8(2)6-4-3-5-7;;/h3-4H,5-7H2,1-2H3;2*1H/b4-3-;;. The van der Waals surface area contributed by atoms with Crippen molar-refractivity contribution in [3.63, 3.8) is 0 Å². The van der Waals surface area contributed by atoms with Gasteiger partial charge in [-0.25, -0.2) is 0 Å². The van der Waals surface area contributed by atoms with Gasteiger partial charge in [0, 0.05) is 13.1 Å². The first-order valence-electron chi connectivity index (χ1n) is 2.77. The third-order valence-corrected chi connectivity index (χ3v) is 0.773. The lowest BCUT2D eigenvalue weighted by Crippen LogP contribution is -2.10. The summed E-state index contributed by atoms with van der Waals surface area (Å²) in [5.74, 6) is 0. The molecule has 0 aliphatic rings. The summed E-state index contributed by atoms with van der Waals surface area (Å²) < 4.78 is 0. The summed E-state index contributed by atoms with van der Waals surface area (Å²) in [4.78, 5) is 2.09.